The molecule has 0 radical (unpaired) electrons. The number of benzene rings is 1. The molecule has 30 heavy (non-hydrogen) atoms. The van der Waals surface area contributed by atoms with E-state index in [-0.39, 0.29) is 24.6 Å². The molecule has 10 heteroatoms. The Morgan fingerprint density at radius 1 is 1.20 bits per heavy atom. The van der Waals surface area contributed by atoms with Crippen LogP contribution in [0.3, 0.4) is 0 Å². The van der Waals surface area contributed by atoms with Gasteiger partial charge in [-0.3, -0.25) is 5.32 Å². The van der Waals surface area contributed by atoms with E-state index in [2.05, 4.69) is 72.8 Å². The Morgan fingerprint density at radius 3 is 2.57 bits per heavy atom. The van der Waals surface area contributed by atoms with Gasteiger partial charge in [-0.25, -0.2) is 19.7 Å². The van der Waals surface area contributed by atoms with Crippen LogP contribution in [0, 0.1) is 0 Å². The number of rotatable bonds is 8. The van der Waals surface area contributed by atoms with Gasteiger partial charge in [-0.15, -0.1) is 11.3 Å². The minimum atomic E-state index is -0.347. The van der Waals surface area contributed by atoms with Gasteiger partial charge in [-0.2, -0.15) is 0 Å². The number of carbonyl (C=O) groups excluding carboxylic acids is 1. The summed E-state index contributed by atoms with van der Waals surface area (Å²) >= 11 is 4.84. The molecule has 8 nitrogen and oxygen atoms in total. The van der Waals surface area contributed by atoms with E-state index in [0.29, 0.717) is 17.6 Å². The van der Waals surface area contributed by atoms with Gasteiger partial charge in [0, 0.05) is 46.3 Å². The number of anilines is 2. The maximum atomic E-state index is 12.2. The molecule has 4 N–H and O–H groups in total. The van der Waals surface area contributed by atoms with Crippen LogP contribution in [-0.4, -0.2) is 39.2 Å². The van der Waals surface area contributed by atoms with Gasteiger partial charge in [-0.05, 0) is 17.7 Å². The first-order chi connectivity index (χ1) is 14.4. The summed E-state index contributed by atoms with van der Waals surface area (Å²) in [5.41, 5.74) is 2.51. The number of nitrogens with zero attached hydrogens (tertiary/aromatic N) is 3. The van der Waals surface area contributed by atoms with E-state index in [1.54, 1.807) is 12.4 Å². The van der Waals surface area contributed by atoms with Crippen molar-refractivity contribution in [3.05, 3.63) is 63.3 Å². The summed E-state index contributed by atoms with van der Waals surface area (Å²) in [5.74, 6) is 0.431. The number of hydrogen-bond acceptors (Lipinski definition) is 7. The lowest BCUT2D eigenvalue weighted by Crippen LogP contribution is -2.28. The lowest BCUT2D eigenvalue weighted by atomic mass is 9.82. The first kappa shape index (κ1) is 22.1. The number of aliphatic hydroxyl groups excluding tert-OH is 1. The summed E-state index contributed by atoms with van der Waals surface area (Å²) in [5, 5.41) is 19.7. The van der Waals surface area contributed by atoms with Crippen molar-refractivity contribution in [2.24, 2.45) is 0 Å². The zero-order chi connectivity index (χ0) is 21.6. The van der Waals surface area contributed by atoms with Crippen molar-refractivity contribution in [3.63, 3.8) is 0 Å². The minimum absolute atomic E-state index is 0.00558. The molecule has 0 fully saturated rings. The first-order valence-electron chi connectivity index (χ1n) is 9.31. The number of aliphatic hydroxyl groups is 1. The zero-order valence-corrected chi connectivity index (χ0v) is 19.0. The predicted octanol–water partition coefficient (Wildman–Crippen LogP) is 3.75. The van der Waals surface area contributed by atoms with Gasteiger partial charge in [0.2, 0.25) is 5.95 Å². The van der Waals surface area contributed by atoms with Crippen LogP contribution >= 0.6 is 27.3 Å². The molecular formula is C20H23BrN6O2S. The lowest BCUT2D eigenvalue weighted by Gasteiger charge is -2.23. The second kappa shape index (κ2) is 9.96. The summed E-state index contributed by atoms with van der Waals surface area (Å²) in [7, 11) is 0. The van der Waals surface area contributed by atoms with E-state index in [9.17, 15) is 4.79 Å². The first-order valence-corrected chi connectivity index (χ1v) is 11.0. The Hall–Kier alpha value is -2.56. The molecule has 3 aromatic rings. The van der Waals surface area contributed by atoms with Crippen LogP contribution in [0.4, 0.5) is 15.9 Å². The highest BCUT2D eigenvalue weighted by molar-refractivity contribution is 9.10. The summed E-state index contributed by atoms with van der Waals surface area (Å²) in [6.45, 7) is 4.89. The van der Waals surface area contributed by atoms with Crippen LogP contribution < -0.4 is 16.0 Å². The molecule has 0 bridgehead atoms. The molecule has 0 saturated heterocycles. The SMILES string of the molecule is CC(C)(c1ccc(Br)cc1)c1csc(NC(=O)NCc2cnc(NCCO)nc2)n1. The molecule has 0 unspecified atom stereocenters. The van der Waals surface area contributed by atoms with Crippen molar-refractivity contribution >= 4 is 44.4 Å². The average Bonchev–Trinajstić information content (AvgIpc) is 3.21. The number of hydrogen-bond donors (Lipinski definition) is 4. The quantitative estimate of drug-likeness (QED) is 0.382. The molecule has 0 atom stereocenters. The second-order valence-electron chi connectivity index (χ2n) is 7.04. The van der Waals surface area contributed by atoms with Crippen LogP contribution in [-0.2, 0) is 12.0 Å². The Labute approximate surface area is 187 Å². The fraction of sp³-hybridized carbons (Fsp3) is 0.300. The maximum absolute atomic E-state index is 12.2. The molecule has 2 amide bonds. The van der Waals surface area contributed by atoms with Crippen LogP contribution in [0.1, 0.15) is 30.7 Å². The monoisotopic (exact) mass is 490 g/mol. The van der Waals surface area contributed by atoms with Gasteiger partial charge in [0.1, 0.15) is 0 Å². The van der Waals surface area contributed by atoms with Gasteiger partial charge in [0.25, 0.3) is 0 Å². The molecule has 2 aromatic heterocycles. The van der Waals surface area contributed by atoms with Crippen molar-refractivity contribution in [2.75, 3.05) is 23.8 Å². The Bertz CT molecular complexity index is 976. The topological polar surface area (TPSA) is 112 Å². The van der Waals surface area contributed by atoms with Gasteiger partial charge < -0.3 is 15.7 Å². The summed E-state index contributed by atoms with van der Waals surface area (Å²) in [6.07, 6.45) is 3.24. The lowest BCUT2D eigenvalue weighted by molar-refractivity contribution is 0.251. The highest BCUT2D eigenvalue weighted by atomic mass is 79.9. The van der Waals surface area contributed by atoms with E-state index < -0.39 is 0 Å². The van der Waals surface area contributed by atoms with Crippen LogP contribution in [0.25, 0.3) is 0 Å². The highest BCUT2D eigenvalue weighted by Crippen LogP contribution is 2.33. The van der Waals surface area contributed by atoms with Crippen molar-refractivity contribution in [3.8, 4) is 0 Å². The summed E-state index contributed by atoms with van der Waals surface area (Å²) < 4.78 is 1.03. The van der Waals surface area contributed by atoms with E-state index in [0.717, 1.165) is 21.3 Å². The van der Waals surface area contributed by atoms with Gasteiger partial charge >= 0.3 is 6.03 Å². The molecule has 2 heterocycles. The minimum Gasteiger partial charge on any atom is -0.395 e. The number of thiazole rings is 1. The standard InChI is InChI=1S/C20H23BrN6O2S/c1-20(2,14-3-5-15(21)6-4-14)16-12-30-19(26-16)27-18(29)25-11-13-9-23-17(24-10-13)22-7-8-28/h3-6,9-10,12,28H,7-8,11H2,1-2H3,(H,22,23,24)(H2,25,26,27,29). The second-order valence-corrected chi connectivity index (χ2v) is 8.82. The largest absolute Gasteiger partial charge is 0.395 e. The van der Waals surface area contributed by atoms with Crippen molar-refractivity contribution in [1.29, 1.82) is 0 Å². The van der Waals surface area contributed by atoms with Gasteiger partial charge in [0.05, 0.1) is 12.3 Å². The normalized spacial score (nSPS) is 11.2. The van der Waals surface area contributed by atoms with Crippen molar-refractivity contribution in [2.45, 2.75) is 25.8 Å². The smallest absolute Gasteiger partial charge is 0.321 e. The molecule has 158 valence electrons. The zero-order valence-electron chi connectivity index (χ0n) is 16.6. The summed E-state index contributed by atoms with van der Waals surface area (Å²) in [4.78, 5) is 25.1. The van der Waals surface area contributed by atoms with Crippen LogP contribution in [0.2, 0.25) is 0 Å². The molecule has 1 aromatic carbocycles. The average molecular weight is 491 g/mol. The third-order valence-corrected chi connectivity index (χ3v) is 5.77. The fourth-order valence-electron chi connectivity index (χ4n) is 2.66. The number of urea groups is 1. The summed E-state index contributed by atoms with van der Waals surface area (Å²) in [6, 6.07) is 7.80. The molecule has 3 rings (SSSR count). The molecular weight excluding hydrogens is 468 g/mol. The van der Waals surface area contributed by atoms with Crippen LogP contribution in [0.5, 0.6) is 0 Å². The van der Waals surface area contributed by atoms with E-state index in [1.807, 2.05) is 17.5 Å². The molecule has 0 spiro atoms. The molecule has 0 saturated carbocycles. The van der Waals surface area contributed by atoms with Gasteiger partial charge in [0.15, 0.2) is 5.13 Å². The molecule has 0 aliphatic heterocycles. The number of carbonyl (C=O) groups is 1. The Kier molecular flexibility index (Phi) is 7.35. The van der Waals surface area contributed by atoms with Crippen LogP contribution in [0.15, 0.2) is 46.5 Å². The Morgan fingerprint density at radius 2 is 1.90 bits per heavy atom. The predicted molar refractivity (Wildman–Crippen MR) is 122 cm³/mol. The fourth-order valence-corrected chi connectivity index (χ4v) is 3.80. The number of halogens is 1. The molecule has 0 aliphatic rings. The van der Waals surface area contributed by atoms with Crippen molar-refractivity contribution < 1.29 is 9.90 Å². The third-order valence-electron chi connectivity index (χ3n) is 4.48. The molecule has 0 aliphatic carbocycles. The number of nitrogens with one attached hydrogen (secondary N) is 3. The maximum Gasteiger partial charge on any atom is 0.321 e. The van der Waals surface area contributed by atoms with E-state index in [1.165, 1.54) is 11.3 Å². The van der Waals surface area contributed by atoms with Gasteiger partial charge in [-0.1, -0.05) is 41.9 Å². The third kappa shape index (κ3) is 5.74. The number of aromatic nitrogens is 3. The van der Waals surface area contributed by atoms with Crippen molar-refractivity contribution in [1.82, 2.24) is 20.3 Å². The van der Waals surface area contributed by atoms with E-state index >= 15 is 0 Å². The number of amides is 2. The Balaban J connectivity index is 1.55. The highest BCUT2D eigenvalue weighted by Gasteiger charge is 2.26. The van der Waals surface area contributed by atoms with E-state index in [4.69, 9.17) is 5.11 Å².